The number of hydrogen-bond acceptors (Lipinski definition) is 7. The Labute approximate surface area is 198 Å². The number of ether oxygens (including phenoxy) is 4. The fourth-order valence-electron chi connectivity index (χ4n) is 3.33. The molecule has 2 heterocycles. The monoisotopic (exact) mass is 479 g/mol. The maximum Gasteiger partial charge on any atom is 0.258 e. The number of rotatable bonds is 7. The van der Waals surface area contributed by atoms with Crippen molar-refractivity contribution < 1.29 is 28.2 Å². The molecule has 34 heavy (non-hydrogen) atoms. The third-order valence-corrected chi connectivity index (χ3v) is 5.30. The van der Waals surface area contributed by atoms with Crippen molar-refractivity contribution >= 4 is 28.5 Å². The van der Waals surface area contributed by atoms with Crippen LogP contribution in [0.2, 0.25) is 5.02 Å². The molecule has 172 valence electrons. The average Bonchev–Trinajstić information content (AvgIpc) is 3.32. The maximum absolute atomic E-state index is 12.7. The normalized spacial score (nSPS) is 11.9. The molecule has 1 aliphatic heterocycles. The highest BCUT2D eigenvalue weighted by molar-refractivity contribution is 6.30. The molecule has 1 aromatic heterocycles. The molecular weight excluding hydrogens is 462 g/mol. The largest absolute Gasteiger partial charge is 0.484 e. The zero-order valence-corrected chi connectivity index (χ0v) is 18.5. The van der Waals surface area contributed by atoms with Gasteiger partial charge >= 0.3 is 0 Å². The van der Waals surface area contributed by atoms with Crippen LogP contribution in [0.1, 0.15) is 5.56 Å². The van der Waals surface area contributed by atoms with Gasteiger partial charge in [-0.1, -0.05) is 17.7 Å². The second-order valence-electron chi connectivity index (χ2n) is 7.40. The molecule has 0 unspecified atom stereocenters. The van der Waals surface area contributed by atoms with E-state index in [-0.39, 0.29) is 30.5 Å². The van der Waals surface area contributed by atoms with Crippen molar-refractivity contribution in [2.75, 3.05) is 13.4 Å². The third-order valence-electron chi connectivity index (χ3n) is 5.05. The zero-order valence-electron chi connectivity index (χ0n) is 17.7. The summed E-state index contributed by atoms with van der Waals surface area (Å²) in [6, 6.07) is 16.8. The van der Waals surface area contributed by atoms with Crippen molar-refractivity contribution in [3.05, 3.63) is 87.7 Å². The molecule has 1 amide bonds. The van der Waals surface area contributed by atoms with Crippen LogP contribution in [0.15, 0.2) is 76.1 Å². The standard InChI is InChI=1S/C25H18ClNO7/c26-16-2-4-17(5-3-16)34-23-12-31-21-10-18(6-7-19(21)25(23)29)30-13-24(28)27-11-15-1-8-20-22(9-15)33-14-32-20/h1-10,12H,11,13-14H2,(H,27,28). The average molecular weight is 480 g/mol. The second-order valence-corrected chi connectivity index (χ2v) is 7.83. The number of carbonyl (C=O) groups is 1. The highest BCUT2D eigenvalue weighted by Crippen LogP contribution is 2.32. The summed E-state index contributed by atoms with van der Waals surface area (Å²) in [4.78, 5) is 24.9. The van der Waals surface area contributed by atoms with Crippen LogP contribution in [-0.4, -0.2) is 19.3 Å². The van der Waals surface area contributed by atoms with Crippen LogP contribution in [0.4, 0.5) is 0 Å². The predicted octanol–water partition coefficient (Wildman–Crippen LogP) is 4.66. The Kier molecular flexibility index (Phi) is 5.97. The molecular formula is C25H18ClNO7. The summed E-state index contributed by atoms with van der Waals surface area (Å²) in [5, 5.41) is 3.67. The van der Waals surface area contributed by atoms with E-state index in [1.807, 2.05) is 12.1 Å². The minimum absolute atomic E-state index is 0.0476. The Balaban J connectivity index is 1.20. The summed E-state index contributed by atoms with van der Waals surface area (Å²) in [5.41, 5.74) is 0.859. The summed E-state index contributed by atoms with van der Waals surface area (Å²) in [6.07, 6.45) is 1.24. The van der Waals surface area contributed by atoms with Gasteiger partial charge in [0.15, 0.2) is 18.1 Å². The lowest BCUT2D eigenvalue weighted by molar-refractivity contribution is -0.123. The first-order valence-electron chi connectivity index (χ1n) is 10.3. The molecule has 3 aromatic carbocycles. The molecule has 0 saturated heterocycles. The Hall–Kier alpha value is -4.17. The first-order valence-corrected chi connectivity index (χ1v) is 10.7. The Morgan fingerprint density at radius 3 is 2.62 bits per heavy atom. The number of amides is 1. The lowest BCUT2D eigenvalue weighted by atomic mass is 10.2. The van der Waals surface area contributed by atoms with Gasteiger partial charge in [-0.05, 0) is 54.1 Å². The number of nitrogens with one attached hydrogen (secondary N) is 1. The van der Waals surface area contributed by atoms with Crippen molar-refractivity contribution in [1.82, 2.24) is 5.32 Å². The molecule has 0 atom stereocenters. The van der Waals surface area contributed by atoms with E-state index >= 15 is 0 Å². The predicted molar refractivity (Wildman–Crippen MR) is 124 cm³/mol. The van der Waals surface area contributed by atoms with Gasteiger partial charge in [-0.25, -0.2) is 0 Å². The lowest BCUT2D eigenvalue weighted by Crippen LogP contribution is -2.28. The minimum atomic E-state index is -0.329. The van der Waals surface area contributed by atoms with E-state index in [4.69, 9.17) is 35.0 Å². The van der Waals surface area contributed by atoms with E-state index in [1.54, 1.807) is 48.5 Å². The summed E-state index contributed by atoms with van der Waals surface area (Å²) >= 11 is 5.87. The molecule has 0 radical (unpaired) electrons. The molecule has 0 saturated carbocycles. The van der Waals surface area contributed by atoms with Gasteiger partial charge in [-0.2, -0.15) is 0 Å². The van der Waals surface area contributed by atoms with Crippen molar-refractivity contribution in [1.29, 1.82) is 0 Å². The summed E-state index contributed by atoms with van der Waals surface area (Å²) in [6.45, 7) is 0.321. The molecule has 9 heteroatoms. The van der Waals surface area contributed by atoms with E-state index < -0.39 is 0 Å². The highest BCUT2D eigenvalue weighted by Gasteiger charge is 2.14. The molecule has 5 rings (SSSR count). The van der Waals surface area contributed by atoms with Crippen molar-refractivity contribution in [3.63, 3.8) is 0 Å². The van der Waals surface area contributed by atoms with Crippen LogP contribution < -0.4 is 29.7 Å². The van der Waals surface area contributed by atoms with E-state index in [0.29, 0.717) is 45.5 Å². The number of carbonyl (C=O) groups excluding carboxylic acids is 1. The van der Waals surface area contributed by atoms with Crippen molar-refractivity contribution in [2.45, 2.75) is 6.54 Å². The van der Waals surface area contributed by atoms with E-state index in [1.165, 1.54) is 6.26 Å². The van der Waals surface area contributed by atoms with E-state index in [2.05, 4.69) is 5.32 Å². The quantitative estimate of drug-likeness (QED) is 0.411. The molecule has 8 nitrogen and oxygen atoms in total. The zero-order chi connectivity index (χ0) is 23.5. The highest BCUT2D eigenvalue weighted by atomic mass is 35.5. The Bertz CT molecular complexity index is 1420. The summed E-state index contributed by atoms with van der Waals surface area (Å²) in [7, 11) is 0. The van der Waals surface area contributed by atoms with Crippen LogP contribution in [-0.2, 0) is 11.3 Å². The molecule has 0 aliphatic carbocycles. The van der Waals surface area contributed by atoms with Crippen molar-refractivity contribution in [3.8, 4) is 28.7 Å². The number of fused-ring (bicyclic) bond motifs is 2. The van der Waals surface area contributed by atoms with E-state index in [9.17, 15) is 9.59 Å². The van der Waals surface area contributed by atoms with Gasteiger partial charge in [0.1, 0.15) is 23.3 Å². The van der Waals surface area contributed by atoms with Crippen molar-refractivity contribution in [2.24, 2.45) is 0 Å². The van der Waals surface area contributed by atoms with Gasteiger partial charge in [0.2, 0.25) is 18.0 Å². The van der Waals surface area contributed by atoms with Crippen LogP contribution in [0, 0.1) is 0 Å². The fraction of sp³-hybridized carbons (Fsp3) is 0.120. The molecule has 0 spiro atoms. The fourth-order valence-corrected chi connectivity index (χ4v) is 3.46. The SMILES string of the molecule is O=C(COc1ccc2c(=O)c(Oc3ccc(Cl)cc3)coc2c1)NCc1ccc2c(c1)OCO2. The van der Waals surface area contributed by atoms with Crippen LogP contribution in [0.5, 0.6) is 28.7 Å². The number of hydrogen-bond donors (Lipinski definition) is 1. The Morgan fingerprint density at radius 2 is 1.76 bits per heavy atom. The lowest BCUT2D eigenvalue weighted by Gasteiger charge is -2.09. The van der Waals surface area contributed by atoms with E-state index in [0.717, 1.165) is 5.56 Å². The van der Waals surface area contributed by atoms with Gasteiger partial charge in [-0.15, -0.1) is 0 Å². The molecule has 0 fully saturated rings. The molecule has 1 N–H and O–H groups in total. The maximum atomic E-state index is 12.7. The van der Waals surface area contributed by atoms with Crippen LogP contribution in [0.25, 0.3) is 11.0 Å². The van der Waals surface area contributed by atoms with Gasteiger partial charge in [0.05, 0.1) is 5.39 Å². The van der Waals surface area contributed by atoms with Gasteiger partial charge in [0, 0.05) is 17.6 Å². The van der Waals surface area contributed by atoms with Crippen LogP contribution >= 0.6 is 11.6 Å². The van der Waals surface area contributed by atoms with Gasteiger partial charge < -0.3 is 28.7 Å². The Morgan fingerprint density at radius 1 is 0.971 bits per heavy atom. The molecule has 1 aliphatic rings. The topological polar surface area (TPSA) is 96.2 Å². The second kappa shape index (κ2) is 9.36. The van der Waals surface area contributed by atoms with Gasteiger partial charge in [0.25, 0.3) is 5.91 Å². The first kappa shape index (κ1) is 21.7. The number of benzene rings is 3. The van der Waals surface area contributed by atoms with Crippen LogP contribution in [0.3, 0.4) is 0 Å². The summed E-state index contributed by atoms with van der Waals surface area (Å²) < 4.78 is 27.3. The van der Waals surface area contributed by atoms with Gasteiger partial charge in [-0.3, -0.25) is 9.59 Å². The molecule has 0 bridgehead atoms. The minimum Gasteiger partial charge on any atom is -0.484 e. The first-order chi connectivity index (χ1) is 16.5. The summed E-state index contributed by atoms with van der Waals surface area (Å²) in [5.74, 6) is 1.94. The molecule has 4 aromatic rings. The third kappa shape index (κ3) is 4.77. The smallest absolute Gasteiger partial charge is 0.258 e. The number of halogens is 1.